The Balaban J connectivity index is 2.89. The maximum atomic E-state index is 13.8. The first-order valence-corrected chi connectivity index (χ1v) is 6.27. The van der Waals surface area contributed by atoms with Gasteiger partial charge in [-0.05, 0) is 45.2 Å². The molecule has 0 bridgehead atoms. The van der Waals surface area contributed by atoms with Crippen molar-refractivity contribution in [3.63, 3.8) is 0 Å². The number of methoxy groups -OCH3 is 1. The van der Waals surface area contributed by atoms with Crippen LogP contribution in [-0.4, -0.2) is 12.7 Å². The highest BCUT2D eigenvalue weighted by Crippen LogP contribution is 2.27. The van der Waals surface area contributed by atoms with Gasteiger partial charge in [0, 0.05) is 24.8 Å². The first-order chi connectivity index (χ1) is 8.80. The van der Waals surface area contributed by atoms with Crippen molar-refractivity contribution in [3.8, 4) is 0 Å². The standard InChI is InChI=1S/C14H22F2N2O/c1-9-7-10(12(16)8-11(9)15)13(18-17)5-6-14(2,3)19-4/h7-8,13,18H,5-6,17H2,1-4H3. The molecule has 0 saturated heterocycles. The van der Waals surface area contributed by atoms with Gasteiger partial charge in [0.05, 0.1) is 5.60 Å². The van der Waals surface area contributed by atoms with E-state index >= 15 is 0 Å². The Bertz CT molecular complexity index is 436. The highest BCUT2D eigenvalue weighted by molar-refractivity contribution is 5.28. The van der Waals surface area contributed by atoms with Gasteiger partial charge in [-0.15, -0.1) is 0 Å². The van der Waals surface area contributed by atoms with Gasteiger partial charge in [-0.3, -0.25) is 11.3 Å². The number of aryl methyl sites for hydroxylation is 1. The number of nitrogens with one attached hydrogen (secondary N) is 1. The van der Waals surface area contributed by atoms with E-state index in [9.17, 15) is 8.78 Å². The van der Waals surface area contributed by atoms with Crippen LogP contribution in [0.3, 0.4) is 0 Å². The average molecular weight is 272 g/mol. The molecule has 0 saturated carbocycles. The van der Waals surface area contributed by atoms with Crippen LogP contribution in [-0.2, 0) is 4.74 Å². The van der Waals surface area contributed by atoms with Gasteiger partial charge in [0.1, 0.15) is 11.6 Å². The van der Waals surface area contributed by atoms with Gasteiger partial charge in [0.25, 0.3) is 0 Å². The number of benzene rings is 1. The summed E-state index contributed by atoms with van der Waals surface area (Å²) in [6.45, 7) is 5.50. The molecule has 0 fully saturated rings. The summed E-state index contributed by atoms with van der Waals surface area (Å²) in [5, 5.41) is 0. The Morgan fingerprint density at radius 2 is 1.95 bits per heavy atom. The third-order valence-electron chi connectivity index (χ3n) is 3.44. The van der Waals surface area contributed by atoms with Crippen LogP contribution in [0.2, 0.25) is 0 Å². The summed E-state index contributed by atoms with van der Waals surface area (Å²) >= 11 is 0. The zero-order valence-corrected chi connectivity index (χ0v) is 11.9. The van der Waals surface area contributed by atoms with E-state index in [1.165, 1.54) is 6.07 Å². The largest absolute Gasteiger partial charge is 0.379 e. The molecule has 0 aliphatic rings. The van der Waals surface area contributed by atoms with E-state index in [1.54, 1.807) is 14.0 Å². The molecular weight excluding hydrogens is 250 g/mol. The van der Waals surface area contributed by atoms with Crippen LogP contribution in [0.1, 0.15) is 43.9 Å². The molecule has 1 unspecified atom stereocenters. The molecule has 0 heterocycles. The first kappa shape index (κ1) is 16.0. The maximum Gasteiger partial charge on any atom is 0.130 e. The predicted octanol–water partition coefficient (Wildman–Crippen LogP) is 2.98. The molecule has 5 heteroatoms. The highest BCUT2D eigenvalue weighted by Gasteiger charge is 2.22. The van der Waals surface area contributed by atoms with E-state index in [-0.39, 0.29) is 11.6 Å². The SMILES string of the molecule is COC(C)(C)CCC(NN)c1cc(C)c(F)cc1F. The van der Waals surface area contributed by atoms with Crippen molar-refractivity contribution in [1.29, 1.82) is 0 Å². The van der Waals surface area contributed by atoms with Crippen molar-refractivity contribution >= 4 is 0 Å². The molecular formula is C14H22F2N2O. The lowest BCUT2D eigenvalue weighted by Crippen LogP contribution is -2.31. The third-order valence-corrected chi connectivity index (χ3v) is 3.44. The second kappa shape index (κ2) is 6.41. The molecule has 1 aromatic rings. The van der Waals surface area contributed by atoms with Gasteiger partial charge in [0.15, 0.2) is 0 Å². The molecule has 0 radical (unpaired) electrons. The highest BCUT2D eigenvalue weighted by atomic mass is 19.1. The minimum Gasteiger partial charge on any atom is -0.379 e. The van der Waals surface area contributed by atoms with Crippen LogP contribution < -0.4 is 11.3 Å². The van der Waals surface area contributed by atoms with Gasteiger partial charge in [-0.1, -0.05) is 0 Å². The molecule has 3 N–H and O–H groups in total. The van der Waals surface area contributed by atoms with Gasteiger partial charge < -0.3 is 4.74 Å². The third kappa shape index (κ3) is 4.23. The number of hydrogen-bond acceptors (Lipinski definition) is 3. The Hall–Kier alpha value is -1.04. The van der Waals surface area contributed by atoms with Gasteiger partial charge in [0.2, 0.25) is 0 Å². The van der Waals surface area contributed by atoms with Crippen LogP contribution in [0, 0.1) is 18.6 Å². The van der Waals surface area contributed by atoms with Crippen LogP contribution in [0.4, 0.5) is 8.78 Å². The van der Waals surface area contributed by atoms with Crippen molar-refractivity contribution < 1.29 is 13.5 Å². The van der Waals surface area contributed by atoms with E-state index in [1.807, 2.05) is 13.8 Å². The number of hydrogen-bond donors (Lipinski definition) is 2. The van der Waals surface area contributed by atoms with Crippen molar-refractivity contribution in [2.24, 2.45) is 5.84 Å². The molecule has 0 aromatic heterocycles. The molecule has 3 nitrogen and oxygen atoms in total. The maximum absolute atomic E-state index is 13.8. The summed E-state index contributed by atoms with van der Waals surface area (Å²) in [5.41, 5.74) is 3.07. The fourth-order valence-corrected chi connectivity index (χ4v) is 1.87. The van der Waals surface area contributed by atoms with Crippen LogP contribution >= 0.6 is 0 Å². The Morgan fingerprint density at radius 3 is 2.47 bits per heavy atom. The average Bonchev–Trinajstić information content (AvgIpc) is 2.36. The molecule has 108 valence electrons. The van der Waals surface area contributed by atoms with E-state index < -0.39 is 11.6 Å². The summed E-state index contributed by atoms with van der Waals surface area (Å²) in [5.74, 6) is 4.35. The fraction of sp³-hybridized carbons (Fsp3) is 0.571. The van der Waals surface area contributed by atoms with Gasteiger partial charge in [-0.25, -0.2) is 8.78 Å². The lowest BCUT2D eigenvalue weighted by Gasteiger charge is -2.26. The van der Waals surface area contributed by atoms with Gasteiger partial charge >= 0.3 is 0 Å². The lowest BCUT2D eigenvalue weighted by atomic mass is 9.94. The molecule has 0 aliphatic carbocycles. The summed E-state index contributed by atoms with van der Waals surface area (Å²) in [7, 11) is 1.63. The number of nitrogens with two attached hydrogens (primary N) is 1. The minimum absolute atomic E-state index is 0.305. The Labute approximate surface area is 113 Å². The van der Waals surface area contributed by atoms with E-state index in [4.69, 9.17) is 10.6 Å². The number of halogens is 2. The summed E-state index contributed by atoms with van der Waals surface area (Å²) in [4.78, 5) is 0. The summed E-state index contributed by atoms with van der Waals surface area (Å²) in [6, 6.07) is 2.03. The van der Waals surface area contributed by atoms with Crippen LogP contribution in [0.5, 0.6) is 0 Å². The Kier molecular flexibility index (Phi) is 5.40. The van der Waals surface area contributed by atoms with Crippen LogP contribution in [0.25, 0.3) is 0 Å². The minimum atomic E-state index is -0.582. The first-order valence-electron chi connectivity index (χ1n) is 6.27. The van der Waals surface area contributed by atoms with Crippen molar-refractivity contribution in [3.05, 3.63) is 34.9 Å². The number of rotatable bonds is 6. The lowest BCUT2D eigenvalue weighted by molar-refractivity contribution is 0.0116. The summed E-state index contributed by atoms with van der Waals surface area (Å²) < 4.78 is 32.4. The normalized spacial score (nSPS) is 13.6. The molecule has 0 amide bonds. The van der Waals surface area contributed by atoms with Crippen molar-refractivity contribution in [2.75, 3.05) is 7.11 Å². The Morgan fingerprint density at radius 1 is 1.32 bits per heavy atom. The molecule has 19 heavy (non-hydrogen) atoms. The topological polar surface area (TPSA) is 47.3 Å². The molecule has 1 atom stereocenters. The molecule has 1 rings (SSSR count). The predicted molar refractivity (Wildman–Crippen MR) is 71.5 cm³/mol. The second-order valence-electron chi connectivity index (χ2n) is 5.34. The number of hydrazine groups is 1. The zero-order valence-electron chi connectivity index (χ0n) is 11.9. The fourth-order valence-electron chi connectivity index (χ4n) is 1.87. The zero-order chi connectivity index (χ0) is 14.6. The van der Waals surface area contributed by atoms with Crippen molar-refractivity contribution in [2.45, 2.75) is 45.3 Å². The van der Waals surface area contributed by atoms with Gasteiger partial charge in [-0.2, -0.15) is 0 Å². The second-order valence-corrected chi connectivity index (χ2v) is 5.34. The summed E-state index contributed by atoms with van der Waals surface area (Å²) in [6.07, 6.45) is 1.30. The molecule has 1 aromatic carbocycles. The number of ether oxygens (including phenoxy) is 1. The van der Waals surface area contributed by atoms with Crippen LogP contribution in [0.15, 0.2) is 12.1 Å². The monoisotopic (exact) mass is 272 g/mol. The van der Waals surface area contributed by atoms with Crippen molar-refractivity contribution in [1.82, 2.24) is 5.43 Å². The van der Waals surface area contributed by atoms with E-state index in [0.29, 0.717) is 24.0 Å². The molecule has 0 aliphatic heterocycles. The molecule has 0 spiro atoms. The van der Waals surface area contributed by atoms with E-state index in [2.05, 4.69) is 5.43 Å². The van der Waals surface area contributed by atoms with E-state index in [0.717, 1.165) is 6.07 Å². The quantitative estimate of drug-likeness (QED) is 0.618. The smallest absolute Gasteiger partial charge is 0.130 e.